The summed E-state index contributed by atoms with van der Waals surface area (Å²) in [7, 11) is 0. The molecule has 110 valence electrons. The second-order valence-corrected chi connectivity index (χ2v) is 4.87. The van der Waals surface area contributed by atoms with Crippen LogP contribution in [-0.2, 0) is 6.42 Å². The number of ether oxygens (including phenoxy) is 1. The summed E-state index contributed by atoms with van der Waals surface area (Å²) in [5.41, 5.74) is 3.64. The first-order chi connectivity index (χ1) is 9.97. The summed E-state index contributed by atoms with van der Waals surface area (Å²) in [4.78, 5) is 12.3. The number of carbonyl (C=O) groups is 1. The maximum atomic E-state index is 12.3. The lowest BCUT2D eigenvalue weighted by Gasteiger charge is -2.09. The molecule has 0 aliphatic carbocycles. The number of hydrogen-bond acceptors (Lipinski definition) is 2. The summed E-state index contributed by atoms with van der Waals surface area (Å²) < 4.78 is 28.4. The number of alkyl halides is 2. The fraction of sp³-hybridized carbons (Fsp3) is 0.235. The second kappa shape index (κ2) is 6.48. The van der Waals surface area contributed by atoms with Crippen LogP contribution in [0.3, 0.4) is 0 Å². The van der Waals surface area contributed by atoms with Crippen molar-refractivity contribution in [3.8, 4) is 5.75 Å². The first kappa shape index (κ1) is 15.2. The molecule has 0 atom stereocenters. The number of hydrogen-bond donors (Lipinski definition) is 0. The molecule has 0 spiro atoms. The summed E-state index contributed by atoms with van der Waals surface area (Å²) in [5.74, 6) is 0.00428. The molecular weight excluding hydrogens is 274 g/mol. The van der Waals surface area contributed by atoms with Gasteiger partial charge in [0, 0.05) is 12.0 Å². The summed E-state index contributed by atoms with van der Waals surface area (Å²) >= 11 is 0. The van der Waals surface area contributed by atoms with Crippen molar-refractivity contribution >= 4 is 5.78 Å². The number of rotatable bonds is 5. The van der Waals surface area contributed by atoms with Crippen LogP contribution >= 0.6 is 0 Å². The Balaban J connectivity index is 2.13. The van der Waals surface area contributed by atoms with Crippen molar-refractivity contribution in [3.63, 3.8) is 0 Å². The quantitative estimate of drug-likeness (QED) is 0.766. The molecule has 2 aromatic carbocycles. The molecule has 0 aliphatic rings. The van der Waals surface area contributed by atoms with Crippen LogP contribution in [0.1, 0.15) is 27.0 Å². The number of carbonyl (C=O) groups excluding carboxylic acids is 1. The lowest BCUT2D eigenvalue weighted by Crippen LogP contribution is -2.07. The Morgan fingerprint density at radius 3 is 2.14 bits per heavy atom. The average molecular weight is 290 g/mol. The van der Waals surface area contributed by atoms with Crippen LogP contribution in [-0.4, -0.2) is 12.4 Å². The van der Waals surface area contributed by atoms with Crippen LogP contribution in [0.15, 0.2) is 42.5 Å². The van der Waals surface area contributed by atoms with Crippen LogP contribution in [0.5, 0.6) is 5.75 Å². The molecule has 2 nitrogen and oxygen atoms in total. The summed E-state index contributed by atoms with van der Waals surface area (Å²) in [6, 6.07) is 11.7. The van der Waals surface area contributed by atoms with Gasteiger partial charge in [-0.15, -0.1) is 0 Å². The van der Waals surface area contributed by atoms with Crippen LogP contribution in [0.4, 0.5) is 8.78 Å². The Morgan fingerprint density at radius 1 is 1.05 bits per heavy atom. The van der Waals surface area contributed by atoms with Crippen molar-refractivity contribution in [1.29, 1.82) is 0 Å². The first-order valence-electron chi connectivity index (χ1n) is 6.60. The summed E-state index contributed by atoms with van der Waals surface area (Å²) in [6.07, 6.45) is 0.299. The van der Waals surface area contributed by atoms with Crippen molar-refractivity contribution in [2.45, 2.75) is 26.9 Å². The SMILES string of the molecule is Cc1cccc(C)c1CC(=O)c1ccc(OC(F)F)cc1. The molecule has 0 amide bonds. The van der Waals surface area contributed by atoms with Crippen molar-refractivity contribution in [2.75, 3.05) is 0 Å². The molecule has 4 heteroatoms. The fourth-order valence-corrected chi connectivity index (χ4v) is 2.21. The van der Waals surface area contributed by atoms with Gasteiger partial charge < -0.3 is 4.74 Å². The van der Waals surface area contributed by atoms with Crippen molar-refractivity contribution in [3.05, 3.63) is 64.7 Å². The van der Waals surface area contributed by atoms with Gasteiger partial charge in [0.2, 0.25) is 0 Å². The van der Waals surface area contributed by atoms with Gasteiger partial charge in [-0.2, -0.15) is 8.78 Å². The molecule has 0 radical (unpaired) electrons. The molecule has 0 saturated heterocycles. The largest absolute Gasteiger partial charge is 0.435 e. The zero-order valence-electron chi connectivity index (χ0n) is 11.9. The van der Waals surface area contributed by atoms with Gasteiger partial charge in [-0.1, -0.05) is 18.2 Å². The van der Waals surface area contributed by atoms with Gasteiger partial charge in [0.1, 0.15) is 5.75 Å². The average Bonchev–Trinajstić information content (AvgIpc) is 2.43. The van der Waals surface area contributed by atoms with Crippen LogP contribution < -0.4 is 4.74 Å². The highest BCUT2D eigenvalue weighted by atomic mass is 19.3. The lowest BCUT2D eigenvalue weighted by molar-refractivity contribution is -0.0498. The third kappa shape index (κ3) is 3.88. The summed E-state index contributed by atoms with van der Waals surface area (Å²) in [6.45, 7) is 1.07. The highest BCUT2D eigenvalue weighted by Gasteiger charge is 2.11. The number of ketones is 1. The Kier molecular flexibility index (Phi) is 4.68. The number of benzene rings is 2. The Bertz CT molecular complexity index is 613. The van der Waals surface area contributed by atoms with Gasteiger partial charge in [-0.3, -0.25) is 4.79 Å². The van der Waals surface area contributed by atoms with E-state index >= 15 is 0 Å². The Morgan fingerprint density at radius 2 is 1.62 bits per heavy atom. The molecule has 2 aromatic rings. The molecule has 0 saturated carbocycles. The highest BCUT2D eigenvalue weighted by molar-refractivity contribution is 5.97. The van der Waals surface area contributed by atoms with Gasteiger partial charge in [0.05, 0.1) is 0 Å². The molecule has 0 N–H and O–H groups in total. The zero-order chi connectivity index (χ0) is 15.4. The van der Waals surface area contributed by atoms with E-state index in [-0.39, 0.29) is 11.5 Å². The molecule has 0 bridgehead atoms. The maximum absolute atomic E-state index is 12.3. The smallest absolute Gasteiger partial charge is 0.387 e. The minimum absolute atomic E-state index is 0.0454. The van der Waals surface area contributed by atoms with E-state index in [0.29, 0.717) is 12.0 Å². The predicted octanol–water partition coefficient (Wildman–Crippen LogP) is 4.33. The monoisotopic (exact) mass is 290 g/mol. The van der Waals surface area contributed by atoms with Crippen LogP contribution in [0.2, 0.25) is 0 Å². The molecule has 0 heterocycles. The first-order valence-corrected chi connectivity index (χ1v) is 6.60. The van der Waals surface area contributed by atoms with Crippen LogP contribution in [0.25, 0.3) is 0 Å². The van der Waals surface area contributed by atoms with Gasteiger partial charge in [-0.25, -0.2) is 0 Å². The normalized spacial score (nSPS) is 10.7. The minimum atomic E-state index is -2.86. The maximum Gasteiger partial charge on any atom is 0.387 e. The molecule has 0 aliphatic heterocycles. The van der Waals surface area contributed by atoms with E-state index in [0.717, 1.165) is 16.7 Å². The van der Waals surface area contributed by atoms with Gasteiger partial charge in [0.25, 0.3) is 0 Å². The fourth-order valence-electron chi connectivity index (χ4n) is 2.21. The standard InChI is InChI=1S/C17H16F2O2/c1-11-4-3-5-12(2)15(11)10-16(20)13-6-8-14(9-7-13)21-17(18)19/h3-9,17H,10H2,1-2H3. The number of Topliss-reactive ketones (excluding diaryl/α,β-unsaturated/α-hetero) is 1. The molecule has 21 heavy (non-hydrogen) atoms. The van der Waals surface area contributed by atoms with Gasteiger partial charge in [0.15, 0.2) is 5.78 Å². The van der Waals surface area contributed by atoms with Crippen molar-refractivity contribution in [1.82, 2.24) is 0 Å². The van der Waals surface area contributed by atoms with E-state index in [4.69, 9.17) is 0 Å². The number of aryl methyl sites for hydroxylation is 2. The van der Waals surface area contributed by atoms with E-state index in [1.54, 1.807) is 0 Å². The molecule has 0 fully saturated rings. The molecule has 0 unspecified atom stereocenters. The highest BCUT2D eigenvalue weighted by Crippen LogP contribution is 2.19. The molecule has 2 rings (SSSR count). The summed E-state index contributed by atoms with van der Waals surface area (Å²) in [5, 5.41) is 0. The van der Waals surface area contributed by atoms with E-state index in [1.165, 1.54) is 24.3 Å². The van der Waals surface area contributed by atoms with E-state index in [9.17, 15) is 13.6 Å². The predicted molar refractivity (Wildman–Crippen MR) is 77.0 cm³/mol. The van der Waals surface area contributed by atoms with Crippen LogP contribution in [0, 0.1) is 13.8 Å². The number of halogens is 2. The zero-order valence-corrected chi connectivity index (χ0v) is 11.9. The van der Waals surface area contributed by atoms with E-state index < -0.39 is 6.61 Å². The topological polar surface area (TPSA) is 26.3 Å². The van der Waals surface area contributed by atoms with E-state index in [2.05, 4.69) is 4.74 Å². The molecular formula is C17H16F2O2. The van der Waals surface area contributed by atoms with Gasteiger partial charge in [-0.05, 0) is 54.8 Å². The van der Waals surface area contributed by atoms with E-state index in [1.807, 2.05) is 32.0 Å². The molecule has 0 aromatic heterocycles. The minimum Gasteiger partial charge on any atom is -0.435 e. The Labute approximate surface area is 122 Å². The van der Waals surface area contributed by atoms with Crippen molar-refractivity contribution in [2.24, 2.45) is 0 Å². The lowest BCUT2D eigenvalue weighted by atomic mass is 9.95. The van der Waals surface area contributed by atoms with Gasteiger partial charge >= 0.3 is 6.61 Å². The Hall–Kier alpha value is -2.23. The third-order valence-electron chi connectivity index (χ3n) is 3.38. The second-order valence-electron chi connectivity index (χ2n) is 4.87. The van der Waals surface area contributed by atoms with Crippen molar-refractivity contribution < 1.29 is 18.3 Å². The third-order valence-corrected chi connectivity index (χ3v) is 3.38.